The van der Waals surface area contributed by atoms with Crippen molar-refractivity contribution in [3.63, 3.8) is 0 Å². The van der Waals surface area contributed by atoms with Crippen LogP contribution in [0.15, 0.2) is 24.3 Å². The highest BCUT2D eigenvalue weighted by Gasteiger charge is 2.20. The van der Waals surface area contributed by atoms with Crippen molar-refractivity contribution in [2.75, 3.05) is 18.4 Å². The van der Waals surface area contributed by atoms with Crippen molar-refractivity contribution in [2.24, 2.45) is 0 Å². The summed E-state index contributed by atoms with van der Waals surface area (Å²) in [5.41, 5.74) is 2.11. The number of H-pyrrole nitrogens is 1. The molecule has 3 rings (SSSR count). The second-order valence-corrected chi connectivity index (χ2v) is 5.86. The van der Waals surface area contributed by atoms with Gasteiger partial charge in [0.25, 0.3) is 0 Å². The van der Waals surface area contributed by atoms with Gasteiger partial charge in [0.15, 0.2) is 0 Å². The number of nitrogens with one attached hydrogen (secondary N) is 2. The molecule has 2 heterocycles. The molecule has 1 saturated heterocycles. The zero-order valence-corrected chi connectivity index (χ0v) is 12.6. The van der Waals surface area contributed by atoms with E-state index in [1.807, 2.05) is 12.1 Å². The quantitative estimate of drug-likeness (QED) is 0.901. The van der Waals surface area contributed by atoms with Gasteiger partial charge in [-0.15, -0.1) is 10.2 Å². The highest BCUT2D eigenvalue weighted by atomic mass is 15.5. The Kier molecular flexibility index (Phi) is 4.15. The normalized spacial score (nSPS) is 17.3. The second-order valence-electron chi connectivity index (χ2n) is 5.86. The third kappa shape index (κ3) is 3.39. The summed E-state index contributed by atoms with van der Waals surface area (Å²) in [5.74, 6) is 0.633. The summed E-state index contributed by atoms with van der Waals surface area (Å²) in [6.07, 6.45) is 2.37. The number of hydrogen-bond donors (Lipinski definition) is 2. The molecule has 0 aliphatic carbocycles. The average Bonchev–Trinajstić information content (AvgIpc) is 3.02. The van der Waals surface area contributed by atoms with Gasteiger partial charge in [0.1, 0.15) is 0 Å². The Morgan fingerprint density at radius 3 is 2.76 bits per heavy atom. The van der Waals surface area contributed by atoms with E-state index in [4.69, 9.17) is 0 Å². The van der Waals surface area contributed by atoms with Crippen LogP contribution >= 0.6 is 0 Å². The van der Waals surface area contributed by atoms with Crippen molar-refractivity contribution < 1.29 is 0 Å². The van der Waals surface area contributed by atoms with E-state index >= 15 is 0 Å². The fourth-order valence-electron chi connectivity index (χ4n) is 2.83. The molecule has 1 aromatic carbocycles. The maximum absolute atomic E-state index is 4.02. The minimum atomic E-state index is 0.542. The summed E-state index contributed by atoms with van der Waals surface area (Å²) in [4.78, 5) is 2.54. The Morgan fingerprint density at radius 2 is 2.10 bits per heavy atom. The summed E-state index contributed by atoms with van der Waals surface area (Å²) in [6, 6.07) is 9.39. The molecule has 112 valence electrons. The Balaban J connectivity index is 1.62. The Labute approximate surface area is 124 Å². The molecule has 6 heteroatoms. The van der Waals surface area contributed by atoms with Crippen molar-refractivity contribution >= 4 is 5.69 Å². The number of likely N-dealkylation sites (tertiary alicyclic amines) is 1. The van der Waals surface area contributed by atoms with E-state index in [2.05, 4.69) is 56.8 Å². The van der Waals surface area contributed by atoms with Crippen LogP contribution in [0.3, 0.4) is 0 Å². The predicted molar refractivity (Wildman–Crippen MR) is 83.0 cm³/mol. The van der Waals surface area contributed by atoms with Crippen LogP contribution in [-0.4, -0.2) is 50.7 Å². The molecule has 1 aliphatic rings. The Hall–Kier alpha value is -1.95. The highest BCUT2D eigenvalue weighted by Crippen LogP contribution is 2.22. The minimum absolute atomic E-state index is 0.542. The number of tetrazole rings is 1. The molecule has 1 fully saturated rings. The van der Waals surface area contributed by atoms with Crippen molar-refractivity contribution in [1.29, 1.82) is 0 Å². The molecule has 2 aromatic rings. The SMILES string of the molecule is CC(C)N1CCC(Nc2cccc(-c3nn[nH]n3)c2)CC1. The fraction of sp³-hybridized carbons (Fsp3) is 0.533. The van der Waals surface area contributed by atoms with Gasteiger partial charge >= 0.3 is 0 Å². The van der Waals surface area contributed by atoms with Gasteiger partial charge in [-0.2, -0.15) is 5.21 Å². The van der Waals surface area contributed by atoms with E-state index in [-0.39, 0.29) is 0 Å². The van der Waals surface area contributed by atoms with Gasteiger partial charge in [0.2, 0.25) is 5.82 Å². The third-order valence-corrected chi connectivity index (χ3v) is 4.10. The van der Waals surface area contributed by atoms with Crippen molar-refractivity contribution in [3.05, 3.63) is 24.3 Å². The van der Waals surface area contributed by atoms with Crippen molar-refractivity contribution in [1.82, 2.24) is 25.5 Å². The molecular formula is C15H22N6. The molecule has 2 N–H and O–H groups in total. The molecule has 21 heavy (non-hydrogen) atoms. The first kappa shape index (κ1) is 14.0. The van der Waals surface area contributed by atoms with Crippen LogP contribution in [0.2, 0.25) is 0 Å². The zero-order valence-electron chi connectivity index (χ0n) is 12.6. The summed E-state index contributed by atoms with van der Waals surface area (Å²) in [6.45, 7) is 6.87. The molecular weight excluding hydrogens is 264 g/mol. The van der Waals surface area contributed by atoms with Crippen LogP contribution in [-0.2, 0) is 0 Å². The summed E-state index contributed by atoms with van der Waals surface area (Å²) < 4.78 is 0. The van der Waals surface area contributed by atoms with E-state index in [0.717, 1.165) is 11.3 Å². The second kappa shape index (κ2) is 6.22. The van der Waals surface area contributed by atoms with Crippen molar-refractivity contribution in [3.8, 4) is 11.4 Å². The first-order valence-corrected chi connectivity index (χ1v) is 7.57. The molecule has 0 spiro atoms. The number of nitrogens with zero attached hydrogens (tertiary/aromatic N) is 4. The van der Waals surface area contributed by atoms with Gasteiger partial charge in [-0.05, 0) is 44.0 Å². The fourth-order valence-corrected chi connectivity index (χ4v) is 2.83. The lowest BCUT2D eigenvalue weighted by molar-refractivity contribution is 0.177. The lowest BCUT2D eigenvalue weighted by Gasteiger charge is -2.35. The average molecular weight is 286 g/mol. The number of aromatic amines is 1. The van der Waals surface area contributed by atoms with Gasteiger partial charge in [-0.1, -0.05) is 12.1 Å². The number of aromatic nitrogens is 4. The first-order valence-electron chi connectivity index (χ1n) is 7.57. The highest BCUT2D eigenvalue weighted by molar-refractivity contribution is 5.61. The van der Waals surface area contributed by atoms with Crippen LogP contribution in [0.4, 0.5) is 5.69 Å². The molecule has 0 bridgehead atoms. The molecule has 0 unspecified atom stereocenters. The summed E-state index contributed by atoms with van der Waals surface area (Å²) in [7, 11) is 0. The van der Waals surface area contributed by atoms with E-state index in [1.54, 1.807) is 0 Å². The predicted octanol–water partition coefficient (Wildman–Crippen LogP) is 2.15. The third-order valence-electron chi connectivity index (χ3n) is 4.10. The van der Waals surface area contributed by atoms with E-state index < -0.39 is 0 Å². The molecule has 6 nitrogen and oxygen atoms in total. The standard InChI is InChI=1S/C15H22N6/c1-11(2)21-8-6-13(7-9-21)16-14-5-3-4-12(10-14)15-17-19-20-18-15/h3-5,10-11,13,16H,6-9H2,1-2H3,(H,17,18,19,20). The number of anilines is 1. The van der Waals surface area contributed by atoms with Gasteiger partial charge in [0.05, 0.1) is 0 Å². The van der Waals surface area contributed by atoms with Crippen LogP contribution < -0.4 is 5.32 Å². The van der Waals surface area contributed by atoms with E-state index in [0.29, 0.717) is 17.9 Å². The van der Waals surface area contributed by atoms with Gasteiger partial charge in [-0.25, -0.2) is 0 Å². The van der Waals surface area contributed by atoms with Crippen LogP contribution in [0.25, 0.3) is 11.4 Å². The maximum Gasteiger partial charge on any atom is 0.204 e. The van der Waals surface area contributed by atoms with Crippen LogP contribution in [0, 0.1) is 0 Å². The first-order chi connectivity index (χ1) is 10.2. The van der Waals surface area contributed by atoms with Gasteiger partial charge < -0.3 is 10.2 Å². The molecule has 0 saturated carbocycles. The van der Waals surface area contributed by atoms with Crippen LogP contribution in [0.5, 0.6) is 0 Å². The molecule has 0 atom stereocenters. The summed E-state index contributed by atoms with van der Waals surface area (Å²) >= 11 is 0. The smallest absolute Gasteiger partial charge is 0.204 e. The largest absolute Gasteiger partial charge is 0.382 e. The minimum Gasteiger partial charge on any atom is -0.382 e. The Bertz CT molecular complexity index is 557. The van der Waals surface area contributed by atoms with Gasteiger partial charge in [-0.3, -0.25) is 0 Å². The van der Waals surface area contributed by atoms with Crippen molar-refractivity contribution in [2.45, 2.75) is 38.8 Å². The molecule has 0 radical (unpaired) electrons. The zero-order chi connectivity index (χ0) is 14.7. The number of benzene rings is 1. The molecule has 0 amide bonds. The number of hydrogen-bond acceptors (Lipinski definition) is 5. The molecule has 1 aromatic heterocycles. The monoisotopic (exact) mass is 286 g/mol. The maximum atomic E-state index is 4.02. The number of rotatable bonds is 4. The number of piperidine rings is 1. The lowest BCUT2D eigenvalue weighted by Crippen LogP contribution is -2.42. The lowest BCUT2D eigenvalue weighted by atomic mass is 10.0. The van der Waals surface area contributed by atoms with Gasteiger partial charge in [0, 0.05) is 36.4 Å². The van der Waals surface area contributed by atoms with Crippen LogP contribution in [0.1, 0.15) is 26.7 Å². The topological polar surface area (TPSA) is 69.7 Å². The Morgan fingerprint density at radius 1 is 1.29 bits per heavy atom. The van der Waals surface area contributed by atoms with E-state index in [1.165, 1.54) is 25.9 Å². The van der Waals surface area contributed by atoms with E-state index in [9.17, 15) is 0 Å². The summed E-state index contributed by atoms with van der Waals surface area (Å²) in [5, 5.41) is 17.8. The molecule has 1 aliphatic heterocycles.